The normalized spacial score (nSPS) is 26.0. The number of H-pyrrole nitrogens is 1. The summed E-state index contributed by atoms with van der Waals surface area (Å²) in [5.74, 6) is 0.836. The van der Waals surface area contributed by atoms with Gasteiger partial charge in [0, 0.05) is 31.0 Å². The molecule has 1 aromatic heterocycles. The van der Waals surface area contributed by atoms with E-state index >= 15 is 0 Å². The van der Waals surface area contributed by atoms with E-state index in [0.29, 0.717) is 0 Å². The molecule has 1 fully saturated rings. The van der Waals surface area contributed by atoms with Crippen LogP contribution in [0.1, 0.15) is 29.7 Å². The fraction of sp³-hybridized carbons (Fsp3) is 0.444. The van der Waals surface area contributed by atoms with Gasteiger partial charge in [-0.2, -0.15) is 0 Å². The molecule has 20 heavy (non-hydrogen) atoms. The van der Waals surface area contributed by atoms with E-state index in [9.17, 15) is 0 Å². The molecule has 2 heteroatoms. The molecule has 1 N–H and O–H groups in total. The zero-order valence-electron chi connectivity index (χ0n) is 11.9. The highest BCUT2D eigenvalue weighted by Crippen LogP contribution is 2.32. The quantitative estimate of drug-likeness (QED) is 0.882. The lowest BCUT2D eigenvalue weighted by Crippen LogP contribution is -2.46. The summed E-state index contributed by atoms with van der Waals surface area (Å²) in [4.78, 5) is 6.06. The Hall–Kier alpha value is -1.54. The first-order valence-electron chi connectivity index (χ1n) is 7.81. The minimum atomic E-state index is 0.719. The van der Waals surface area contributed by atoms with Crippen molar-refractivity contribution in [1.29, 1.82) is 0 Å². The summed E-state index contributed by atoms with van der Waals surface area (Å²) in [6.07, 6.45) is 7.29. The number of benzene rings is 1. The van der Waals surface area contributed by atoms with Crippen LogP contribution in [0.5, 0.6) is 0 Å². The molecule has 2 atom stereocenters. The van der Waals surface area contributed by atoms with Crippen molar-refractivity contribution in [2.75, 3.05) is 6.54 Å². The number of nitrogens with one attached hydrogen (secondary N) is 1. The van der Waals surface area contributed by atoms with E-state index in [1.807, 2.05) is 6.20 Å². The Kier molecular flexibility index (Phi) is 3.12. The van der Waals surface area contributed by atoms with Gasteiger partial charge in [0.2, 0.25) is 0 Å². The molecule has 0 spiro atoms. The Labute approximate surface area is 120 Å². The highest BCUT2D eigenvalue weighted by molar-refractivity contribution is 5.30. The maximum Gasteiger partial charge on any atom is 0.0388 e. The van der Waals surface area contributed by atoms with Gasteiger partial charge in [-0.25, -0.2) is 0 Å². The molecule has 3 aliphatic rings. The number of fused-ring (bicyclic) bond motifs is 2. The van der Waals surface area contributed by atoms with Gasteiger partial charge in [-0.05, 0) is 54.9 Å². The van der Waals surface area contributed by atoms with Crippen molar-refractivity contribution in [1.82, 2.24) is 9.88 Å². The summed E-state index contributed by atoms with van der Waals surface area (Å²) in [5.41, 5.74) is 4.53. The Morgan fingerprint density at radius 1 is 1.00 bits per heavy atom. The predicted octanol–water partition coefficient (Wildman–Crippen LogP) is 3.39. The number of piperidine rings is 1. The third kappa shape index (κ3) is 2.29. The molecule has 1 aliphatic carbocycles. The Morgan fingerprint density at radius 3 is 2.65 bits per heavy atom. The summed E-state index contributed by atoms with van der Waals surface area (Å²) in [5, 5.41) is 0. The lowest BCUT2D eigenvalue weighted by Gasteiger charge is -2.42. The summed E-state index contributed by atoms with van der Waals surface area (Å²) >= 11 is 0. The molecule has 0 saturated carbocycles. The largest absolute Gasteiger partial charge is 0.364 e. The standard InChI is InChI=1S/C18H22N2/c1-2-5-16-11-18-8-7-14(10-15(16)4-1)12-20(18)13-17-6-3-9-19-17/h1-6,9,14,18-19H,7-8,10-13H2/t14-,18+/m0/s1. The van der Waals surface area contributed by atoms with Crippen molar-refractivity contribution >= 4 is 0 Å². The average Bonchev–Trinajstić information content (AvgIpc) is 2.93. The van der Waals surface area contributed by atoms with Crippen LogP contribution < -0.4 is 0 Å². The predicted molar refractivity (Wildman–Crippen MR) is 81.6 cm³/mol. The second-order valence-corrected chi connectivity index (χ2v) is 6.40. The van der Waals surface area contributed by atoms with Crippen molar-refractivity contribution in [2.45, 2.75) is 38.3 Å². The van der Waals surface area contributed by atoms with Crippen molar-refractivity contribution in [3.8, 4) is 0 Å². The molecule has 1 saturated heterocycles. The van der Waals surface area contributed by atoms with Gasteiger partial charge in [0.25, 0.3) is 0 Å². The third-order valence-corrected chi connectivity index (χ3v) is 5.04. The van der Waals surface area contributed by atoms with Crippen molar-refractivity contribution in [2.24, 2.45) is 5.92 Å². The van der Waals surface area contributed by atoms with Gasteiger partial charge in [-0.3, -0.25) is 4.90 Å². The average molecular weight is 266 g/mol. The number of hydrogen-bond acceptors (Lipinski definition) is 1. The first-order valence-corrected chi connectivity index (χ1v) is 7.81. The number of rotatable bonds is 2. The van der Waals surface area contributed by atoms with Gasteiger partial charge >= 0.3 is 0 Å². The molecule has 1 aromatic carbocycles. The van der Waals surface area contributed by atoms with E-state index in [2.05, 4.69) is 46.3 Å². The van der Waals surface area contributed by atoms with E-state index in [1.165, 1.54) is 37.9 Å². The Morgan fingerprint density at radius 2 is 1.85 bits per heavy atom. The van der Waals surface area contributed by atoms with Crippen LogP contribution in [0, 0.1) is 5.92 Å². The van der Waals surface area contributed by atoms with E-state index in [-0.39, 0.29) is 0 Å². The smallest absolute Gasteiger partial charge is 0.0388 e. The first-order chi connectivity index (χ1) is 9.88. The number of aromatic amines is 1. The van der Waals surface area contributed by atoms with Crippen LogP contribution in [-0.2, 0) is 19.4 Å². The maximum atomic E-state index is 3.36. The molecule has 2 bridgehead atoms. The second kappa shape index (κ2) is 5.10. The Balaban J connectivity index is 1.60. The molecule has 0 radical (unpaired) electrons. The van der Waals surface area contributed by atoms with E-state index in [0.717, 1.165) is 18.5 Å². The Bertz CT molecular complexity index is 573. The van der Waals surface area contributed by atoms with Gasteiger partial charge < -0.3 is 4.98 Å². The third-order valence-electron chi connectivity index (χ3n) is 5.04. The number of nitrogens with zero attached hydrogens (tertiary/aromatic N) is 1. The van der Waals surface area contributed by atoms with Crippen molar-refractivity contribution in [3.63, 3.8) is 0 Å². The lowest BCUT2D eigenvalue weighted by atomic mass is 9.80. The van der Waals surface area contributed by atoms with E-state index < -0.39 is 0 Å². The van der Waals surface area contributed by atoms with Crippen LogP contribution in [0.2, 0.25) is 0 Å². The highest BCUT2D eigenvalue weighted by atomic mass is 15.2. The first kappa shape index (κ1) is 12.2. The fourth-order valence-corrected chi connectivity index (χ4v) is 3.98. The maximum absolute atomic E-state index is 3.36. The topological polar surface area (TPSA) is 19.0 Å². The summed E-state index contributed by atoms with van der Waals surface area (Å²) in [7, 11) is 0. The molecule has 2 aromatic rings. The summed E-state index contributed by atoms with van der Waals surface area (Å²) < 4.78 is 0. The minimum absolute atomic E-state index is 0.719. The van der Waals surface area contributed by atoms with Crippen LogP contribution in [0.25, 0.3) is 0 Å². The van der Waals surface area contributed by atoms with Gasteiger partial charge in [-0.1, -0.05) is 24.3 Å². The molecule has 0 amide bonds. The summed E-state index contributed by atoms with van der Waals surface area (Å²) in [6.45, 7) is 2.34. The molecule has 2 aliphatic heterocycles. The van der Waals surface area contributed by atoms with Crippen molar-refractivity contribution in [3.05, 3.63) is 59.4 Å². The van der Waals surface area contributed by atoms with Crippen LogP contribution in [0.3, 0.4) is 0 Å². The van der Waals surface area contributed by atoms with Crippen LogP contribution in [0.15, 0.2) is 42.6 Å². The van der Waals surface area contributed by atoms with Gasteiger partial charge in [-0.15, -0.1) is 0 Å². The molecule has 2 nitrogen and oxygen atoms in total. The lowest BCUT2D eigenvalue weighted by molar-refractivity contribution is 0.0927. The van der Waals surface area contributed by atoms with Gasteiger partial charge in [0.05, 0.1) is 0 Å². The summed E-state index contributed by atoms with van der Waals surface area (Å²) in [6, 6.07) is 14.1. The van der Waals surface area contributed by atoms with Gasteiger partial charge in [0.1, 0.15) is 0 Å². The van der Waals surface area contributed by atoms with E-state index in [1.54, 1.807) is 11.1 Å². The molecule has 3 heterocycles. The SMILES string of the molecule is c1c[nH]c(CN2C[C@H]3CC[C@@H]2Cc2ccccc2C3)c1. The van der Waals surface area contributed by atoms with Crippen LogP contribution in [0.4, 0.5) is 0 Å². The number of aromatic nitrogens is 1. The molecule has 104 valence electrons. The number of hydrogen-bond donors (Lipinski definition) is 1. The zero-order chi connectivity index (χ0) is 13.4. The highest BCUT2D eigenvalue weighted by Gasteiger charge is 2.31. The molecule has 5 rings (SSSR count). The fourth-order valence-electron chi connectivity index (χ4n) is 3.98. The van der Waals surface area contributed by atoms with Crippen LogP contribution >= 0.6 is 0 Å². The van der Waals surface area contributed by atoms with E-state index in [4.69, 9.17) is 0 Å². The molecular formula is C18H22N2. The van der Waals surface area contributed by atoms with Gasteiger partial charge in [0.15, 0.2) is 0 Å². The minimum Gasteiger partial charge on any atom is -0.364 e. The monoisotopic (exact) mass is 266 g/mol. The van der Waals surface area contributed by atoms with Crippen LogP contribution in [-0.4, -0.2) is 22.5 Å². The molecule has 0 unspecified atom stereocenters. The van der Waals surface area contributed by atoms with Crippen molar-refractivity contribution < 1.29 is 0 Å². The second-order valence-electron chi connectivity index (χ2n) is 6.40. The molecular weight excluding hydrogens is 244 g/mol. The zero-order valence-corrected chi connectivity index (χ0v) is 11.9.